The Hall–Kier alpha value is -2.96. The molecule has 0 aliphatic rings. The van der Waals surface area contributed by atoms with Crippen molar-refractivity contribution in [3.8, 4) is 0 Å². The van der Waals surface area contributed by atoms with E-state index < -0.39 is 17.5 Å². The Morgan fingerprint density at radius 3 is 2.00 bits per heavy atom. The molecule has 2 aromatic rings. The average molecular weight is 361 g/mol. The maximum Gasteiger partial charge on any atom is 0.243 e. The summed E-state index contributed by atoms with van der Waals surface area (Å²) < 4.78 is 26.1. The van der Waals surface area contributed by atoms with Crippen molar-refractivity contribution in [1.29, 1.82) is 0 Å². The van der Waals surface area contributed by atoms with Gasteiger partial charge in [-0.25, -0.2) is 8.78 Å². The van der Waals surface area contributed by atoms with Crippen LogP contribution in [0.4, 0.5) is 20.2 Å². The number of hydrogen-bond acceptors (Lipinski definition) is 3. The van der Waals surface area contributed by atoms with E-state index in [1.54, 1.807) is 0 Å². The second-order valence-electron chi connectivity index (χ2n) is 6.11. The first-order chi connectivity index (χ1) is 12.2. The number of anilines is 2. The van der Waals surface area contributed by atoms with E-state index in [4.69, 9.17) is 0 Å². The summed E-state index contributed by atoms with van der Waals surface area (Å²) in [6, 6.07) is 6.81. The van der Waals surface area contributed by atoms with Crippen LogP contribution in [0.5, 0.6) is 0 Å². The van der Waals surface area contributed by atoms with Crippen molar-refractivity contribution in [2.75, 3.05) is 23.7 Å². The second-order valence-corrected chi connectivity index (χ2v) is 6.11. The smallest absolute Gasteiger partial charge is 0.243 e. The molecule has 3 N–H and O–H groups in total. The molecule has 0 atom stereocenters. The molecular formula is C19H21F2N3O2. The summed E-state index contributed by atoms with van der Waals surface area (Å²) in [6.45, 7) is 5.36. The minimum absolute atomic E-state index is 0.146. The number of hydrogen-bond donors (Lipinski definition) is 3. The summed E-state index contributed by atoms with van der Waals surface area (Å²) in [5, 5.41) is 7.83. The number of aryl methyl sites for hydroxylation is 3. The third-order valence-electron chi connectivity index (χ3n) is 3.70. The maximum absolute atomic E-state index is 13.1. The SMILES string of the molecule is Cc1cc(C)c(NC(=O)CNC(=O)CNc2cc(F)cc(F)c2)c(C)c1. The van der Waals surface area contributed by atoms with Crippen molar-refractivity contribution >= 4 is 23.2 Å². The van der Waals surface area contributed by atoms with E-state index in [-0.39, 0.29) is 24.7 Å². The Balaban J connectivity index is 1.82. The zero-order chi connectivity index (χ0) is 19.3. The van der Waals surface area contributed by atoms with E-state index in [0.29, 0.717) is 0 Å². The normalized spacial score (nSPS) is 10.3. The third-order valence-corrected chi connectivity index (χ3v) is 3.70. The lowest BCUT2D eigenvalue weighted by Gasteiger charge is -2.13. The summed E-state index contributed by atoms with van der Waals surface area (Å²) in [6.07, 6.45) is 0. The number of carbonyl (C=O) groups is 2. The first-order valence-corrected chi connectivity index (χ1v) is 8.09. The second kappa shape index (κ2) is 8.42. The highest BCUT2D eigenvalue weighted by Crippen LogP contribution is 2.21. The fourth-order valence-corrected chi connectivity index (χ4v) is 2.64. The molecule has 0 saturated carbocycles. The van der Waals surface area contributed by atoms with E-state index in [1.807, 2.05) is 32.9 Å². The molecule has 138 valence electrons. The van der Waals surface area contributed by atoms with Gasteiger partial charge in [0.1, 0.15) is 11.6 Å². The van der Waals surface area contributed by atoms with Crippen LogP contribution in [0.15, 0.2) is 30.3 Å². The molecule has 0 radical (unpaired) electrons. The van der Waals surface area contributed by atoms with Gasteiger partial charge in [0.2, 0.25) is 11.8 Å². The van der Waals surface area contributed by atoms with Gasteiger partial charge >= 0.3 is 0 Å². The zero-order valence-electron chi connectivity index (χ0n) is 14.9. The number of benzene rings is 2. The van der Waals surface area contributed by atoms with Crippen LogP contribution in [0, 0.1) is 32.4 Å². The number of rotatable bonds is 6. The molecule has 0 bridgehead atoms. The van der Waals surface area contributed by atoms with Gasteiger partial charge in [0.05, 0.1) is 13.1 Å². The third kappa shape index (κ3) is 5.54. The van der Waals surface area contributed by atoms with Gasteiger partial charge in [-0.3, -0.25) is 9.59 Å². The summed E-state index contributed by atoms with van der Waals surface area (Å²) in [4.78, 5) is 23.8. The van der Waals surface area contributed by atoms with E-state index in [0.717, 1.165) is 40.6 Å². The standard InChI is InChI=1S/C19H21F2N3O2/c1-11-4-12(2)19(13(3)5-11)24-18(26)10-23-17(25)9-22-16-7-14(20)6-15(21)8-16/h4-8,22H,9-10H2,1-3H3,(H,23,25)(H,24,26). The highest BCUT2D eigenvalue weighted by Gasteiger charge is 2.10. The van der Waals surface area contributed by atoms with Crippen LogP contribution in [0.1, 0.15) is 16.7 Å². The van der Waals surface area contributed by atoms with E-state index in [9.17, 15) is 18.4 Å². The zero-order valence-corrected chi connectivity index (χ0v) is 14.9. The summed E-state index contributed by atoms with van der Waals surface area (Å²) in [7, 11) is 0. The maximum atomic E-state index is 13.1. The van der Waals surface area contributed by atoms with Crippen LogP contribution in [0.3, 0.4) is 0 Å². The molecule has 5 nitrogen and oxygen atoms in total. The van der Waals surface area contributed by atoms with Gasteiger partial charge in [0.15, 0.2) is 0 Å². The largest absolute Gasteiger partial charge is 0.376 e. The van der Waals surface area contributed by atoms with Crippen molar-refractivity contribution in [2.45, 2.75) is 20.8 Å². The molecule has 26 heavy (non-hydrogen) atoms. The van der Waals surface area contributed by atoms with Crippen LogP contribution < -0.4 is 16.0 Å². The van der Waals surface area contributed by atoms with Gasteiger partial charge in [-0.05, 0) is 44.0 Å². The molecule has 0 aliphatic heterocycles. The number of nitrogens with one attached hydrogen (secondary N) is 3. The molecule has 0 fully saturated rings. The van der Waals surface area contributed by atoms with Gasteiger partial charge < -0.3 is 16.0 Å². The van der Waals surface area contributed by atoms with Crippen LogP contribution in [0.2, 0.25) is 0 Å². The fraction of sp³-hybridized carbons (Fsp3) is 0.263. The number of carbonyl (C=O) groups excluding carboxylic acids is 2. The van der Waals surface area contributed by atoms with Crippen molar-refractivity contribution in [1.82, 2.24) is 5.32 Å². The van der Waals surface area contributed by atoms with Gasteiger partial charge in [0.25, 0.3) is 0 Å². The Morgan fingerprint density at radius 2 is 1.42 bits per heavy atom. The molecule has 0 heterocycles. The first-order valence-electron chi connectivity index (χ1n) is 8.09. The Morgan fingerprint density at radius 1 is 0.846 bits per heavy atom. The highest BCUT2D eigenvalue weighted by atomic mass is 19.1. The lowest BCUT2D eigenvalue weighted by Crippen LogP contribution is -2.36. The monoisotopic (exact) mass is 361 g/mol. The molecule has 0 spiro atoms. The fourth-order valence-electron chi connectivity index (χ4n) is 2.64. The lowest BCUT2D eigenvalue weighted by atomic mass is 10.1. The molecule has 0 saturated heterocycles. The summed E-state index contributed by atoms with van der Waals surface area (Å²) in [5.74, 6) is -2.31. The van der Waals surface area contributed by atoms with Crippen molar-refractivity contribution in [3.05, 3.63) is 58.7 Å². The lowest BCUT2D eigenvalue weighted by molar-refractivity contribution is -0.122. The molecule has 7 heteroatoms. The highest BCUT2D eigenvalue weighted by molar-refractivity contribution is 5.96. The molecular weight excluding hydrogens is 340 g/mol. The van der Waals surface area contributed by atoms with E-state index >= 15 is 0 Å². The molecule has 2 amide bonds. The van der Waals surface area contributed by atoms with Gasteiger partial charge in [-0.2, -0.15) is 0 Å². The van der Waals surface area contributed by atoms with Crippen LogP contribution in [0.25, 0.3) is 0 Å². The quantitative estimate of drug-likeness (QED) is 0.741. The Kier molecular flexibility index (Phi) is 6.27. The van der Waals surface area contributed by atoms with Crippen LogP contribution in [-0.4, -0.2) is 24.9 Å². The van der Waals surface area contributed by atoms with Gasteiger partial charge in [-0.15, -0.1) is 0 Å². The first kappa shape index (κ1) is 19.4. The van der Waals surface area contributed by atoms with Crippen molar-refractivity contribution in [2.24, 2.45) is 0 Å². The van der Waals surface area contributed by atoms with E-state index in [2.05, 4.69) is 16.0 Å². The van der Waals surface area contributed by atoms with Crippen molar-refractivity contribution < 1.29 is 18.4 Å². The minimum Gasteiger partial charge on any atom is -0.376 e. The van der Waals surface area contributed by atoms with Gasteiger partial charge in [-0.1, -0.05) is 17.7 Å². The molecule has 2 aromatic carbocycles. The predicted molar refractivity (Wildman–Crippen MR) is 97.1 cm³/mol. The van der Waals surface area contributed by atoms with Crippen molar-refractivity contribution in [3.63, 3.8) is 0 Å². The minimum atomic E-state index is -0.740. The van der Waals surface area contributed by atoms with Gasteiger partial charge in [0, 0.05) is 17.4 Å². The summed E-state index contributed by atoms with van der Waals surface area (Å²) >= 11 is 0. The average Bonchev–Trinajstić information content (AvgIpc) is 2.53. The number of amides is 2. The number of halogens is 2. The molecule has 0 aromatic heterocycles. The van der Waals surface area contributed by atoms with E-state index in [1.165, 1.54) is 0 Å². The molecule has 0 unspecified atom stereocenters. The molecule has 2 rings (SSSR count). The summed E-state index contributed by atoms with van der Waals surface area (Å²) in [5.41, 5.74) is 3.86. The van der Waals surface area contributed by atoms with Crippen LogP contribution in [-0.2, 0) is 9.59 Å². The topological polar surface area (TPSA) is 70.2 Å². The van der Waals surface area contributed by atoms with Crippen LogP contribution >= 0.6 is 0 Å². The Labute approximate surface area is 150 Å². The predicted octanol–water partition coefficient (Wildman–Crippen LogP) is 3.06. The Bertz CT molecular complexity index is 794. The molecule has 0 aliphatic carbocycles.